The number of piperazine rings is 1. The van der Waals surface area contributed by atoms with Crippen LogP contribution in [0.4, 0.5) is 0 Å². The number of sulfonamides is 1. The molecule has 1 aliphatic heterocycles. The minimum atomic E-state index is -3.63. The van der Waals surface area contributed by atoms with Gasteiger partial charge in [0, 0.05) is 44.7 Å². The van der Waals surface area contributed by atoms with Crippen LogP contribution in [0.25, 0.3) is 0 Å². The van der Waals surface area contributed by atoms with Crippen LogP contribution in [0.1, 0.15) is 29.3 Å². The van der Waals surface area contributed by atoms with Crippen molar-refractivity contribution in [2.24, 2.45) is 0 Å². The molecule has 2 amide bonds. The van der Waals surface area contributed by atoms with Crippen molar-refractivity contribution < 1.29 is 18.0 Å². The van der Waals surface area contributed by atoms with Gasteiger partial charge in [-0.25, -0.2) is 8.42 Å². The minimum absolute atomic E-state index is 0.146. The van der Waals surface area contributed by atoms with Crippen molar-refractivity contribution in [1.29, 1.82) is 0 Å². The lowest BCUT2D eigenvalue weighted by atomic mass is 10.2. The van der Waals surface area contributed by atoms with E-state index in [9.17, 15) is 18.0 Å². The maximum atomic E-state index is 12.9. The highest BCUT2D eigenvalue weighted by atomic mass is 32.2. The van der Waals surface area contributed by atoms with Gasteiger partial charge in [0.2, 0.25) is 15.9 Å². The molecule has 9 heteroatoms. The summed E-state index contributed by atoms with van der Waals surface area (Å²) < 4.78 is 27.4. The van der Waals surface area contributed by atoms with Gasteiger partial charge in [-0.3, -0.25) is 25.3 Å². The van der Waals surface area contributed by atoms with E-state index in [1.54, 1.807) is 6.92 Å². The lowest BCUT2D eigenvalue weighted by Gasteiger charge is -2.34. The first-order valence-corrected chi connectivity index (χ1v) is 11.3. The molecule has 1 heterocycles. The monoisotopic (exact) mass is 430 g/mol. The normalized spacial score (nSPS) is 15.5. The van der Waals surface area contributed by atoms with Gasteiger partial charge in [-0.05, 0) is 29.8 Å². The summed E-state index contributed by atoms with van der Waals surface area (Å²) in [6.07, 6.45) is 0.246. The molecule has 0 unspecified atom stereocenters. The zero-order chi connectivity index (χ0) is 21.6. The number of carbonyl (C=O) groups excluding carboxylic acids is 2. The summed E-state index contributed by atoms with van der Waals surface area (Å²) in [5, 5.41) is 0. The van der Waals surface area contributed by atoms with Gasteiger partial charge >= 0.3 is 0 Å². The first-order chi connectivity index (χ1) is 14.4. The molecule has 30 heavy (non-hydrogen) atoms. The third kappa shape index (κ3) is 5.44. The Bertz CT molecular complexity index is 970. The van der Waals surface area contributed by atoms with Crippen molar-refractivity contribution in [2.75, 3.05) is 26.2 Å². The molecule has 0 aliphatic carbocycles. The number of carbonyl (C=O) groups is 2. The van der Waals surface area contributed by atoms with Gasteiger partial charge in [0.25, 0.3) is 5.91 Å². The Hall–Kier alpha value is -2.75. The fourth-order valence-corrected chi connectivity index (χ4v) is 4.61. The van der Waals surface area contributed by atoms with E-state index in [4.69, 9.17) is 0 Å². The van der Waals surface area contributed by atoms with Gasteiger partial charge in [0.05, 0.1) is 4.90 Å². The van der Waals surface area contributed by atoms with E-state index >= 15 is 0 Å². The number of nitrogens with zero attached hydrogens (tertiary/aromatic N) is 2. The van der Waals surface area contributed by atoms with Gasteiger partial charge in [-0.1, -0.05) is 37.3 Å². The zero-order valence-electron chi connectivity index (χ0n) is 16.9. The topological polar surface area (TPSA) is 98.8 Å². The lowest BCUT2D eigenvalue weighted by molar-refractivity contribution is -0.121. The Morgan fingerprint density at radius 3 is 2.13 bits per heavy atom. The second-order valence-electron chi connectivity index (χ2n) is 7.05. The molecule has 0 radical (unpaired) electrons. The molecule has 1 aliphatic rings. The summed E-state index contributed by atoms with van der Waals surface area (Å²) in [5.41, 5.74) is 6.04. The molecule has 0 spiro atoms. The largest absolute Gasteiger partial charge is 0.296 e. The summed E-state index contributed by atoms with van der Waals surface area (Å²) in [5.74, 6) is -0.816. The molecule has 2 aromatic carbocycles. The summed E-state index contributed by atoms with van der Waals surface area (Å²) in [4.78, 5) is 25.6. The Morgan fingerprint density at radius 1 is 0.900 bits per heavy atom. The molecule has 1 fully saturated rings. The number of benzene rings is 2. The molecule has 2 N–H and O–H groups in total. The van der Waals surface area contributed by atoms with E-state index in [1.807, 2.05) is 18.2 Å². The fourth-order valence-electron chi connectivity index (χ4n) is 3.18. The molecule has 0 saturated carbocycles. The number of hydrogen-bond acceptors (Lipinski definition) is 5. The minimum Gasteiger partial charge on any atom is -0.296 e. The highest BCUT2D eigenvalue weighted by molar-refractivity contribution is 7.89. The van der Waals surface area contributed by atoms with Crippen LogP contribution in [-0.2, 0) is 21.4 Å². The van der Waals surface area contributed by atoms with Gasteiger partial charge in [-0.2, -0.15) is 4.31 Å². The second kappa shape index (κ2) is 9.84. The molecule has 0 aromatic heterocycles. The smallest absolute Gasteiger partial charge is 0.269 e. The molecular weight excluding hydrogens is 404 g/mol. The van der Waals surface area contributed by atoms with Crippen molar-refractivity contribution in [2.45, 2.75) is 24.8 Å². The number of hydrazine groups is 1. The van der Waals surface area contributed by atoms with Crippen LogP contribution in [0.5, 0.6) is 0 Å². The molecule has 2 aromatic rings. The van der Waals surface area contributed by atoms with Crippen molar-refractivity contribution in [3.8, 4) is 0 Å². The van der Waals surface area contributed by atoms with Crippen LogP contribution in [0.15, 0.2) is 59.5 Å². The molecule has 0 bridgehead atoms. The van der Waals surface area contributed by atoms with Crippen molar-refractivity contribution in [1.82, 2.24) is 20.1 Å². The van der Waals surface area contributed by atoms with Gasteiger partial charge in [0.1, 0.15) is 0 Å². The summed E-state index contributed by atoms with van der Waals surface area (Å²) in [6, 6.07) is 15.8. The van der Waals surface area contributed by atoms with E-state index < -0.39 is 15.9 Å². The van der Waals surface area contributed by atoms with E-state index in [1.165, 1.54) is 34.1 Å². The van der Waals surface area contributed by atoms with Crippen LogP contribution >= 0.6 is 0 Å². The van der Waals surface area contributed by atoms with Crippen molar-refractivity contribution in [3.05, 3.63) is 65.7 Å². The average Bonchev–Trinajstić information content (AvgIpc) is 2.78. The predicted molar refractivity (Wildman–Crippen MR) is 113 cm³/mol. The molecule has 160 valence electrons. The molecule has 1 saturated heterocycles. The second-order valence-corrected chi connectivity index (χ2v) is 8.98. The molecular formula is C21H26N4O4S. The molecule has 3 rings (SSSR count). The highest BCUT2D eigenvalue weighted by Crippen LogP contribution is 2.19. The predicted octanol–water partition coefficient (Wildman–Crippen LogP) is 1.36. The maximum absolute atomic E-state index is 12.9. The summed E-state index contributed by atoms with van der Waals surface area (Å²) in [7, 11) is -3.63. The molecule has 8 nitrogen and oxygen atoms in total. The maximum Gasteiger partial charge on any atom is 0.269 e. The van der Waals surface area contributed by atoms with Crippen LogP contribution in [0, 0.1) is 0 Å². The first kappa shape index (κ1) is 21.9. The Morgan fingerprint density at radius 2 is 1.53 bits per heavy atom. The summed E-state index contributed by atoms with van der Waals surface area (Å²) in [6.45, 7) is 4.62. The Labute approximate surface area is 176 Å². The Balaban J connectivity index is 1.58. The third-order valence-electron chi connectivity index (χ3n) is 4.97. The SMILES string of the molecule is CCC(=O)NNC(=O)c1ccc(S(=O)(=O)N2CCN(Cc3ccccc3)CC2)cc1. The van der Waals surface area contributed by atoms with Gasteiger partial charge in [-0.15, -0.1) is 0 Å². The number of nitrogens with one attached hydrogen (secondary N) is 2. The number of amides is 2. The third-order valence-corrected chi connectivity index (χ3v) is 6.88. The Kier molecular flexibility index (Phi) is 7.20. The van der Waals surface area contributed by atoms with Crippen LogP contribution < -0.4 is 10.9 Å². The van der Waals surface area contributed by atoms with E-state index in [0.29, 0.717) is 26.2 Å². The van der Waals surface area contributed by atoms with E-state index in [2.05, 4.69) is 27.9 Å². The van der Waals surface area contributed by atoms with Crippen LogP contribution in [0.3, 0.4) is 0 Å². The standard InChI is InChI=1S/C21H26N4O4S/c1-2-20(26)22-23-21(27)18-8-10-19(11-9-18)30(28,29)25-14-12-24(13-15-25)16-17-6-4-3-5-7-17/h3-11H,2,12-16H2,1H3,(H,22,26)(H,23,27). The summed E-state index contributed by atoms with van der Waals surface area (Å²) >= 11 is 0. The van der Waals surface area contributed by atoms with Crippen molar-refractivity contribution in [3.63, 3.8) is 0 Å². The van der Waals surface area contributed by atoms with Gasteiger partial charge < -0.3 is 0 Å². The average molecular weight is 431 g/mol. The van der Waals surface area contributed by atoms with Crippen molar-refractivity contribution >= 4 is 21.8 Å². The zero-order valence-corrected chi connectivity index (χ0v) is 17.7. The first-order valence-electron chi connectivity index (χ1n) is 9.86. The number of rotatable bonds is 6. The van der Waals surface area contributed by atoms with Gasteiger partial charge in [0.15, 0.2) is 0 Å². The highest BCUT2D eigenvalue weighted by Gasteiger charge is 2.28. The van der Waals surface area contributed by atoms with Crippen LogP contribution in [-0.4, -0.2) is 55.6 Å². The fraction of sp³-hybridized carbons (Fsp3) is 0.333. The van der Waals surface area contributed by atoms with E-state index in [-0.39, 0.29) is 22.8 Å². The lowest BCUT2D eigenvalue weighted by Crippen LogP contribution is -2.48. The van der Waals surface area contributed by atoms with E-state index in [0.717, 1.165) is 6.54 Å². The van der Waals surface area contributed by atoms with Crippen LogP contribution in [0.2, 0.25) is 0 Å². The quantitative estimate of drug-likeness (QED) is 0.675. The molecule has 0 atom stereocenters. The number of hydrogen-bond donors (Lipinski definition) is 2.